The number of pyridine rings is 1. The number of rotatable bonds is 2. The molecule has 0 bridgehead atoms. The van der Waals surface area contributed by atoms with Crippen molar-refractivity contribution in [3.05, 3.63) is 29.6 Å². The quantitative estimate of drug-likeness (QED) is 0.854. The van der Waals surface area contributed by atoms with Crippen molar-refractivity contribution in [2.75, 3.05) is 12.3 Å². The molecule has 1 atom stereocenters. The van der Waals surface area contributed by atoms with Crippen molar-refractivity contribution < 1.29 is 0 Å². The van der Waals surface area contributed by atoms with Gasteiger partial charge in [-0.2, -0.15) is 0 Å². The second-order valence-corrected chi connectivity index (χ2v) is 5.23. The first kappa shape index (κ1) is 11.5. The van der Waals surface area contributed by atoms with Gasteiger partial charge in [0.15, 0.2) is 5.17 Å². The van der Waals surface area contributed by atoms with Crippen molar-refractivity contribution in [3.63, 3.8) is 0 Å². The molecular formula is C12H17N3S. The summed E-state index contributed by atoms with van der Waals surface area (Å²) in [5.41, 5.74) is 2.26. The summed E-state index contributed by atoms with van der Waals surface area (Å²) in [5.74, 6) is 1.87. The minimum absolute atomic E-state index is 0.705. The molecule has 1 N–H and O–H groups in total. The topological polar surface area (TPSA) is 37.3 Å². The van der Waals surface area contributed by atoms with Crippen LogP contribution in [0.2, 0.25) is 0 Å². The van der Waals surface area contributed by atoms with Crippen LogP contribution in [0.25, 0.3) is 0 Å². The zero-order chi connectivity index (χ0) is 11.4. The molecular weight excluding hydrogens is 218 g/mol. The summed E-state index contributed by atoms with van der Waals surface area (Å²) >= 11 is 1.81. The Kier molecular flexibility index (Phi) is 3.83. The van der Waals surface area contributed by atoms with E-state index in [-0.39, 0.29) is 0 Å². The summed E-state index contributed by atoms with van der Waals surface area (Å²) in [5, 5.41) is 4.42. The van der Waals surface area contributed by atoms with Crippen LogP contribution in [0.3, 0.4) is 0 Å². The number of amidine groups is 1. The van der Waals surface area contributed by atoms with Crippen LogP contribution < -0.4 is 5.32 Å². The van der Waals surface area contributed by atoms with E-state index in [0.717, 1.165) is 29.7 Å². The van der Waals surface area contributed by atoms with Gasteiger partial charge in [0.05, 0.1) is 0 Å². The molecule has 0 spiro atoms. The Morgan fingerprint density at radius 1 is 1.50 bits per heavy atom. The first-order chi connectivity index (χ1) is 7.74. The maximum atomic E-state index is 4.49. The van der Waals surface area contributed by atoms with Gasteiger partial charge in [0, 0.05) is 30.7 Å². The van der Waals surface area contributed by atoms with Crippen LogP contribution in [-0.2, 0) is 6.54 Å². The van der Waals surface area contributed by atoms with Crippen LogP contribution in [0.5, 0.6) is 0 Å². The van der Waals surface area contributed by atoms with Gasteiger partial charge in [0.25, 0.3) is 0 Å². The number of hydrogen-bond donors (Lipinski definition) is 1. The van der Waals surface area contributed by atoms with Gasteiger partial charge in [-0.05, 0) is 24.5 Å². The monoisotopic (exact) mass is 235 g/mol. The highest BCUT2D eigenvalue weighted by atomic mass is 32.2. The van der Waals surface area contributed by atoms with Crippen molar-refractivity contribution in [1.29, 1.82) is 0 Å². The molecule has 2 heterocycles. The maximum Gasteiger partial charge on any atom is 0.156 e. The maximum absolute atomic E-state index is 4.49. The Morgan fingerprint density at radius 3 is 3.00 bits per heavy atom. The van der Waals surface area contributed by atoms with Gasteiger partial charge < -0.3 is 5.32 Å². The predicted molar refractivity (Wildman–Crippen MR) is 69.7 cm³/mol. The standard InChI is InChI=1S/C12H17N3S/c1-9-5-14-12(16-8-9)15-7-11-4-3-10(2)13-6-11/h3-4,6,9H,5,7-8H2,1-2H3,(H,14,15). The second-order valence-electron chi connectivity index (χ2n) is 4.22. The molecule has 0 amide bonds. The molecule has 0 aromatic carbocycles. The Hall–Kier alpha value is -1.03. The molecule has 0 radical (unpaired) electrons. The van der Waals surface area contributed by atoms with Gasteiger partial charge in [-0.15, -0.1) is 0 Å². The average molecular weight is 235 g/mol. The van der Waals surface area contributed by atoms with E-state index in [1.165, 1.54) is 5.56 Å². The van der Waals surface area contributed by atoms with Gasteiger partial charge in [0.2, 0.25) is 0 Å². The molecule has 2 rings (SSSR count). The fraction of sp³-hybridized carbons (Fsp3) is 0.500. The molecule has 1 aliphatic heterocycles. The molecule has 16 heavy (non-hydrogen) atoms. The lowest BCUT2D eigenvalue weighted by atomic mass is 10.2. The molecule has 4 heteroatoms. The number of nitrogens with one attached hydrogen (secondary N) is 1. The van der Waals surface area contributed by atoms with Crippen LogP contribution in [0.15, 0.2) is 23.3 Å². The Labute approximate surface area is 101 Å². The minimum Gasteiger partial charge on any atom is -0.361 e. The second kappa shape index (κ2) is 5.34. The van der Waals surface area contributed by atoms with E-state index in [9.17, 15) is 0 Å². The Balaban J connectivity index is 1.85. The lowest BCUT2D eigenvalue weighted by molar-refractivity contribution is 0.669. The summed E-state index contributed by atoms with van der Waals surface area (Å²) in [6.07, 6.45) is 1.92. The minimum atomic E-state index is 0.705. The highest BCUT2D eigenvalue weighted by Crippen LogP contribution is 2.15. The SMILES string of the molecule is Cc1ccc(CNC2=NCC(C)CS2)cn1. The molecule has 0 fully saturated rings. The largest absolute Gasteiger partial charge is 0.361 e. The van der Waals surface area contributed by atoms with E-state index < -0.39 is 0 Å². The van der Waals surface area contributed by atoms with Crippen molar-refractivity contribution in [2.24, 2.45) is 10.9 Å². The zero-order valence-electron chi connectivity index (χ0n) is 9.73. The number of aliphatic imine (C=N–C) groups is 1. The first-order valence-electron chi connectivity index (χ1n) is 5.56. The third-order valence-corrected chi connectivity index (χ3v) is 3.75. The normalized spacial score (nSPS) is 20.4. The lowest BCUT2D eigenvalue weighted by Gasteiger charge is -2.17. The molecule has 1 aliphatic rings. The zero-order valence-corrected chi connectivity index (χ0v) is 10.5. The number of nitrogens with zero attached hydrogens (tertiary/aromatic N) is 2. The molecule has 3 nitrogen and oxygen atoms in total. The van der Waals surface area contributed by atoms with Crippen LogP contribution in [0, 0.1) is 12.8 Å². The summed E-state index contributed by atoms with van der Waals surface area (Å²) < 4.78 is 0. The van der Waals surface area contributed by atoms with Crippen molar-refractivity contribution in [1.82, 2.24) is 10.3 Å². The number of thioether (sulfide) groups is 1. The third kappa shape index (κ3) is 3.23. The Morgan fingerprint density at radius 2 is 2.38 bits per heavy atom. The molecule has 86 valence electrons. The van der Waals surface area contributed by atoms with Gasteiger partial charge >= 0.3 is 0 Å². The molecule has 1 unspecified atom stereocenters. The predicted octanol–water partition coefficient (Wildman–Crippen LogP) is 2.22. The molecule has 1 aromatic rings. The number of aromatic nitrogens is 1. The van der Waals surface area contributed by atoms with Crippen molar-refractivity contribution in [3.8, 4) is 0 Å². The Bertz CT molecular complexity index is 372. The highest BCUT2D eigenvalue weighted by molar-refractivity contribution is 8.13. The van der Waals surface area contributed by atoms with E-state index >= 15 is 0 Å². The molecule has 0 saturated heterocycles. The van der Waals surface area contributed by atoms with Crippen molar-refractivity contribution >= 4 is 16.9 Å². The van der Waals surface area contributed by atoms with E-state index in [1.54, 1.807) is 0 Å². The summed E-state index contributed by atoms with van der Waals surface area (Å²) in [4.78, 5) is 8.76. The smallest absolute Gasteiger partial charge is 0.156 e. The molecule has 0 aliphatic carbocycles. The van der Waals surface area contributed by atoms with Crippen LogP contribution in [0.1, 0.15) is 18.2 Å². The van der Waals surface area contributed by atoms with Gasteiger partial charge in [-0.3, -0.25) is 9.98 Å². The summed E-state index contributed by atoms with van der Waals surface area (Å²) in [6.45, 7) is 5.99. The van der Waals surface area contributed by atoms with Crippen LogP contribution >= 0.6 is 11.8 Å². The van der Waals surface area contributed by atoms with Gasteiger partial charge in [0.1, 0.15) is 0 Å². The summed E-state index contributed by atoms with van der Waals surface area (Å²) in [7, 11) is 0. The number of hydrogen-bond acceptors (Lipinski definition) is 4. The third-order valence-electron chi connectivity index (χ3n) is 2.47. The van der Waals surface area contributed by atoms with Gasteiger partial charge in [-0.1, -0.05) is 24.8 Å². The molecule has 0 saturated carbocycles. The fourth-order valence-electron chi connectivity index (χ4n) is 1.45. The average Bonchev–Trinajstić information content (AvgIpc) is 2.30. The molecule has 1 aromatic heterocycles. The van der Waals surface area contributed by atoms with Crippen LogP contribution in [-0.4, -0.2) is 22.4 Å². The van der Waals surface area contributed by atoms with Crippen molar-refractivity contribution in [2.45, 2.75) is 20.4 Å². The number of aryl methyl sites for hydroxylation is 1. The van der Waals surface area contributed by atoms with E-state index in [0.29, 0.717) is 5.92 Å². The summed E-state index contributed by atoms with van der Waals surface area (Å²) in [6, 6.07) is 4.14. The van der Waals surface area contributed by atoms with E-state index in [4.69, 9.17) is 0 Å². The lowest BCUT2D eigenvalue weighted by Crippen LogP contribution is -2.25. The highest BCUT2D eigenvalue weighted by Gasteiger charge is 2.11. The fourth-order valence-corrected chi connectivity index (χ4v) is 2.33. The van der Waals surface area contributed by atoms with Gasteiger partial charge in [-0.25, -0.2) is 0 Å². The first-order valence-corrected chi connectivity index (χ1v) is 6.55. The van der Waals surface area contributed by atoms with E-state index in [1.807, 2.05) is 30.9 Å². The van der Waals surface area contributed by atoms with Crippen LogP contribution in [0.4, 0.5) is 0 Å². The van der Waals surface area contributed by atoms with E-state index in [2.05, 4.69) is 28.3 Å².